The molecule has 1 N–H and O–H groups in total. The van der Waals surface area contributed by atoms with E-state index >= 15 is 0 Å². The maximum absolute atomic E-state index is 11.9. The maximum atomic E-state index is 11.9. The Labute approximate surface area is 177 Å². The topological polar surface area (TPSA) is 38.3 Å². The minimum atomic E-state index is -0.479. The first kappa shape index (κ1) is 21.0. The third kappa shape index (κ3) is 5.42. The van der Waals surface area contributed by atoms with E-state index < -0.39 is 5.60 Å². The van der Waals surface area contributed by atoms with E-state index in [4.69, 9.17) is 27.9 Å². The van der Waals surface area contributed by atoms with Crippen molar-refractivity contribution in [3.63, 3.8) is 0 Å². The van der Waals surface area contributed by atoms with Crippen LogP contribution in [0.25, 0.3) is 0 Å². The molecule has 2 aromatic rings. The van der Waals surface area contributed by atoms with E-state index in [0.717, 1.165) is 19.3 Å². The molecule has 28 heavy (non-hydrogen) atoms. The highest BCUT2D eigenvalue weighted by Crippen LogP contribution is 2.41. The lowest BCUT2D eigenvalue weighted by molar-refractivity contribution is 0.0524. The second-order valence-electron chi connectivity index (χ2n) is 8.45. The van der Waals surface area contributed by atoms with Crippen LogP contribution in [0.4, 0.5) is 4.79 Å². The number of benzene rings is 2. The fourth-order valence-corrected chi connectivity index (χ4v) is 4.18. The summed E-state index contributed by atoms with van der Waals surface area (Å²) < 4.78 is 5.32. The highest BCUT2D eigenvalue weighted by Gasteiger charge is 2.28. The number of hydrogen-bond acceptors (Lipinski definition) is 2. The molecule has 150 valence electrons. The molecule has 1 aliphatic carbocycles. The number of alkyl carbamates (subject to hydrolysis) is 1. The fraction of sp³-hybridized carbons (Fsp3) is 0.435. The van der Waals surface area contributed by atoms with E-state index in [1.165, 1.54) is 16.7 Å². The Morgan fingerprint density at radius 1 is 1.14 bits per heavy atom. The molecule has 3 nitrogen and oxygen atoms in total. The van der Waals surface area contributed by atoms with Gasteiger partial charge in [-0.25, -0.2) is 4.79 Å². The van der Waals surface area contributed by atoms with E-state index in [2.05, 4.69) is 35.6 Å². The molecule has 5 heteroatoms. The van der Waals surface area contributed by atoms with Crippen molar-refractivity contribution < 1.29 is 9.53 Å². The molecule has 3 rings (SSSR count). The summed E-state index contributed by atoms with van der Waals surface area (Å²) >= 11 is 12.4. The largest absolute Gasteiger partial charge is 0.444 e. The van der Waals surface area contributed by atoms with Crippen LogP contribution < -0.4 is 5.32 Å². The van der Waals surface area contributed by atoms with Gasteiger partial charge in [0.25, 0.3) is 0 Å². The minimum Gasteiger partial charge on any atom is -0.444 e. The molecule has 0 aliphatic heterocycles. The normalized spacial score (nSPS) is 19.0. The number of rotatable bonds is 4. The first-order valence-electron chi connectivity index (χ1n) is 9.72. The molecular formula is C23H27Cl2NO2. The van der Waals surface area contributed by atoms with E-state index in [9.17, 15) is 4.79 Å². The zero-order valence-corrected chi connectivity index (χ0v) is 18.1. The lowest BCUT2D eigenvalue weighted by Crippen LogP contribution is -2.34. The summed E-state index contributed by atoms with van der Waals surface area (Å²) in [6, 6.07) is 14.5. The summed E-state index contributed by atoms with van der Waals surface area (Å²) in [5.41, 5.74) is 3.43. The van der Waals surface area contributed by atoms with Gasteiger partial charge in [-0.3, -0.25) is 0 Å². The molecule has 0 saturated heterocycles. The van der Waals surface area contributed by atoms with Crippen LogP contribution in [0.1, 0.15) is 56.2 Å². The van der Waals surface area contributed by atoms with Crippen LogP contribution in [0.2, 0.25) is 10.0 Å². The fourth-order valence-electron chi connectivity index (χ4n) is 3.87. The summed E-state index contributed by atoms with van der Waals surface area (Å²) in [5.74, 6) is 0.760. The molecule has 0 fully saturated rings. The summed E-state index contributed by atoms with van der Waals surface area (Å²) in [7, 11) is 0. The van der Waals surface area contributed by atoms with Gasteiger partial charge in [-0.2, -0.15) is 0 Å². The van der Waals surface area contributed by atoms with Gasteiger partial charge in [0.1, 0.15) is 5.60 Å². The molecule has 1 amide bonds. The van der Waals surface area contributed by atoms with Crippen LogP contribution in [-0.4, -0.2) is 18.2 Å². The lowest BCUT2D eigenvalue weighted by atomic mass is 9.73. The third-order valence-electron chi connectivity index (χ3n) is 5.07. The predicted octanol–water partition coefficient (Wildman–Crippen LogP) is 6.60. The number of hydrogen-bond donors (Lipinski definition) is 1. The average Bonchev–Trinajstić information content (AvgIpc) is 2.62. The van der Waals surface area contributed by atoms with Gasteiger partial charge in [0.2, 0.25) is 0 Å². The number of fused-ring (bicyclic) bond motifs is 1. The zero-order chi connectivity index (χ0) is 20.3. The van der Waals surface area contributed by atoms with Crippen molar-refractivity contribution in [2.45, 2.75) is 51.6 Å². The molecule has 0 spiro atoms. The van der Waals surface area contributed by atoms with Crippen LogP contribution in [0, 0.1) is 5.92 Å². The summed E-state index contributed by atoms with van der Waals surface area (Å²) in [6.45, 7) is 6.21. The van der Waals surface area contributed by atoms with Crippen molar-refractivity contribution in [2.75, 3.05) is 6.54 Å². The second-order valence-corrected chi connectivity index (χ2v) is 9.26. The number of nitrogens with one attached hydrogen (secondary N) is 1. The van der Waals surface area contributed by atoms with Crippen molar-refractivity contribution in [1.82, 2.24) is 5.32 Å². The Bertz CT molecular complexity index is 845. The van der Waals surface area contributed by atoms with E-state index in [1.54, 1.807) is 0 Å². The number of amides is 1. The average molecular weight is 420 g/mol. The summed E-state index contributed by atoms with van der Waals surface area (Å²) in [4.78, 5) is 11.9. The molecule has 0 radical (unpaired) electrons. The lowest BCUT2D eigenvalue weighted by Gasteiger charge is -2.32. The molecule has 2 atom stereocenters. The molecule has 0 aromatic heterocycles. The van der Waals surface area contributed by atoms with Crippen LogP contribution in [0.5, 0.6) is 0 Å². The Morgan fingerprint density at radius 2 is 1.89 bits per heavy atom. The molecule has 0 bridgehead atoms. The monoisotopic (exact) mass is 419 g/mol. The van der Waals surface area contributed by atoms with E-state index in [-0.39, 0.29) is 12.0 Å². The van der Waals surface area contributed by atoms with Gasteiger partial charge in [-0.1, -0.05) is 53.5 Å². The van der Waals surface area contributed by atoms with Gasteiger partial charge < -0.3 is 10.1 Å². The van der Waals surface area contributed by atoms with Crippen molar-refractivity contribution in [3.05, 3.63) is 69.2 Å². The third-order valence-corrected chi connectivity index (χ3v) is 5.81. The molecule has 2 aromatic carbocycles. The standard InChI is InChI=1S/C23H27Cl2NO2/c1-23(2,3)28-22(27)26-11-10-15-12-16-6-4-5-7-18(16)19(13-15)17-8-9-20(24)21(25)14-17/h4-9,14-15,19H,10-13H2,1-3H3,(H,26,27)/t15-,19+/m0/s1. The SMILES string of the molecule is CC(C)(C)OC(=O)NCC[C@H]1Cc2ccccc2[C@@H](c2ccc(Cl)c(Cl)c2)C1. The quantitative estimate of drug-likeness (QED) is 0.605. The van der Waals surface area contributed by atoms with Crippen LogP contribution >= 0.6 is 23.2 Å². The molecule has 0 saturated carbocycles. The predicted molar refractivity (Wildman–Crippen MR) is 115 cm³/mol. The van der Waals surface area contributed by atoms with E-state index in [0.29, 0.717) is 22.5 Å². The highest BCUT2D eigenvalue weighted by atomic mass is 35.5. The number of halogens is 2. The van der Waals surface area contributed by atoms with Crippen molar-refractivity contribution in [2.24, 2.45) is 5.92 Å². The molecule has 1 aliphatic rings. The van der Waals surface area contributed by atoms with Gasteiger partial charge >= 0.3 is 6.09 Å². The Hall–Kier alpha value is -1.71. The van der Waals surface area contributed by atoms with Crippen molar-refractivity contribution >= 4 is 29.3 Å². The first-order valence-corrected chi connectivity index (χ1v) is 10.5. The highest BCUT2D eigenvalue weighted by molar-refractivity contribution is 6.42. The van der Waals surface area contributed by atoms with Gasteiger partial charge in [-0.15, -0.1) is 0 Å². The summed E-state index contributed by atoms with van der Waals surface area (Å²) in [6.07, 6.45) is 2.59. The van der Waals surface area contributed by atoms with Crippen LogP contribution in [0.3, 0.4) is 0 Å². The summed E-state index contributed by atoms with van der Waals surface area (Å²) in [5, 5.41) is 4.05. The Kier molecular flexibility index (Phi) is 6.57. The van der Waals surface area contributed by atoms with Gasteiger partial charge in [-0.05, 0) is 74.8 Å². The number of carbonyl (C=O) groups excluding carboxylic acids is 1. The van der Waals surface area contributed by atoms with E-state index in [1.807, 2.05) is 32.9 Å². The van der Waals surface area contributed by atoms with Crippen molar-refractivity contribution in [3.8, 4) is 0 Å². The Morgan fingerprint density at radius 3 is 2.61 bits per heavy atom. The van der Waals surface area contributed by atoms with Gasteiger partial charge in [0, 0.05) is 12.5 Å². The van der Waals surface area contributed by atoms with Crippen molar-refractivity contribution in [1.29, 1.82) is 0 Å². The van der Waals surface area contributed by atoms with Crippen LogP contribution in [0.15, 0.2) is 42.5 Å². The minimum absolute atomic E-state index is 0.284. The van der Waals surface area contributed by atoms with Gasteiger partial charge in [0.05, 0.1) is 10.0 Å². The zero-order valence-electron chi connectivity index (χ0n) is 16.6. The maximum Gasteiger partial charge on any atom is 0.407 e. The Balaban J connectivity index is 1.70. The molecule has 0 unspecified atom stereocenters. The second kappa shape index (κ2) is 8.75. The molecule has 0 heterocycles. The van der Waals surface area contributed by atoms with Gasteiger partial charge in [0.15, 0.2) is 0 Å². The smallest absolute Gasteiger partial charge is 0.407 e. The van der Waals surface area contributed by atoms with Crippen LogP contribution in [-0.2, 0) is 11.2 Å². The number of ether oxygens (including phenoxy) is 1. The first-order chi connectivity index (χ1) is 13.2. The molecular weight excluding hydrogens is 393 g/mol. The number of carbonyl (C=O) groups is 1.